The first-order chi connectivity index (χ1) is 6.59. The van der Waals surface area contributed by atoms with E-state index in [4.69, 9.17) is 0 Å². The van der Waals surface area contributed by atoms with Crippen molar-refractivity contribution in [1.29, 1.82) is 0 Å². The Morgan fingerprint density at radius 3 is 2.79 bits per heavy atom. The van der Waals surface area contributed by atoms with Gasteiger partial charge in [-0.05, 0) is 19.4 Å². The summed E-state index contributed by atoms with van der Waals surface area (Å²) in [6, 6.07) is 1.97. The molecule has 0 aliphatic rings. The molecule has 4 heteroatoms. The molecule has 0 aliphatic carbocycles. The van der Waals surface area contributed by atoms with Gasteiger partial charge in [-0.2, -0.15) is 5.10 Å². The highest BCUT2D eigenvalue weighted by atomic mass is 16.2. The van der Waals surface area contributed by atoms with Gasteiger partial charge in [0.1, 0.15) is 0 Å². The van der Waals surface area contributed by atoms with E-state index >= 15 is 0 Å². The van der Waals surface area contributed by atoms with Gasteiger partial charge in [-0.3, -0.25) is 9.48 Å². The lowest BCUT2D eigenvalue weighted by molar-refractivity contribution is -0.128. The highest BCUT2D eigenvalue weighted by Gasteiger charge is 2.03. The first-order valence-electron chi connectivity index (χ1n) is 4.80. The van der Waals surface area contributed by atoms with Crippen LogP contribution in [0.3, 0.4) is 0 Å². The maximum Gasteiger partial charge on any atom is 0.222 e. The summed E-state index contributed by atoms with van der Waals surface area (Å²) in [4.78, 5) is 12.9. The van der Waals surface area contributed by atoms with Crippen molar-refractivity contribution in [3.63, 3.8) is 0 Å². The minimum atomic E-state index is 0.175. The number of carbonyl (C=O) groups is 1. The predicted octanol–water partition coefficient (Wildman–Crippen LogP) is 1.06. The zero-order valence-electron chi connectivity index (χ0n) is 9.03. The van der Waals surface area contributed by atoms with E-state index in [0.29, 0.717) is 6.42 Å². The third-order valence-electron chi connectivity index (χ3n) is 2.05. The first-order valence-corrected chi connectivity index (χ1v) is 4.80. The molecule has 0 saturated heterocycles. The highest BCUT2D eigenvalue weighted by Crippen LogP contribution is 1.98. The van der Waals surface area contributed by atoms with Crippen molar-refractivity contribution in [2.75, 3.05) is 14.1 Å². The molecule has 0 aromatic carbocycles. The molecule has 0 fully saturated rings. The molecule has 1 heterocycles. The van der Waals surface area contributed by atoms with Crippen LogP contribution < -0.4 is 0 Å². The fraction of sp³-hybridized carbons (Fsp3) is 0.600. The Labute approximate surface area is 84.5 Å². The van der Waals surface area contributed by atoms with Crippen LogP contribution in [-0.4, -0.2) is 34.7 Å². The molecule has 1 aromatic heterocycles. The number of hydrogen-bond acceptors (Lipinski definition) is 2. The Kier molecular flexibility index (Phi) is 3.68. The summed E-state index contributed by atoms with van der Waals surface area (Å²) >= 11 is 0. The van der Waals surface area contributed by atoms with Crippen LogP contribution in [0.4, 0.5) is 0 Å². The van der Waals surface area contributed by atoms with Gasteiger partial charge in [-0.25, -0.2) is 0 Å². The zero-order valence-corrected chi connectivity index (χ0v) is 9.03. The van der Waals surface area contributed by atoms with Gasteiger partial charge in [0, 0.05) is 33.3 Å². The van der Waals surface area contributed by atoms with Crippen LogP contribution in [0.15, 0.2) is 12.3 Å². The minimum absolute atomic E-state index is 0.175. The topological polar surface area (TPSA) is 38.1 Å². The molecular weight excluding hydrogens is 178 g/mol. The Hall–Kier alpha value is -1.32. The van der Waals surface area contributed by atoms with Gasteiger partial charge in [-0.15, -0.1) is 0 Å². The predicted molar refractivity (Wildman–Crippen MR) is 54.9 cm³/mol. The molecule has 0 N–H and O–H groups in total. The van der Waals surface area contributed by atoms with Crippen molar-refractivity contribution in [1.82, 2.24) is 14.7 Å². The molecule has 0 unspecified atom stereocenters. The average Bonchev–Trinajstić information content (AvgIpc) is 2.51. The molecule has 0 atom stereocenters. The highest BCUT2D eigenvalue weighted by molar-refractivity contribution is 5.75. The smallest absolute Gasteiger partial charge is 0.222 e. The molecule has 0 spiro atoms. The second kappa shape index (κ2) is 4.79. The molecule has 1 rings (SSSR count). The summed E-state index contributed by atoms with van der Waals surface area (Å²) < 4.78 is 1.87. The lowest BCUT2D eigenvalue weighted by Crippen LogP contribution is -2.21. The summed E-state index contributed by atoms with van der Waals surface area (Å²) in [5.74, 6) is 0.175. The van der Waals surface area contributed by atoms with Crippen molar-refractivity contribution in [3.8, 4) is 0 Å². The fourth-order valence-corrected chi connectivity index (χ4v) is 1.20. The Balaban J connectivity index is 2.25. The van der Waals surface area contributed by atoms with E-state index < -0.39 is 0 Å². The van der Waals surface area contributed by atoms with Gasteiger partial charge in [0.05, 0.1) is 5.69 Å². The molecule has 0 bridgehead atoms. The van der Waals surface area contributed by atoms with Gasteiger partial charge in [0.15, 0.2) is 0 Å². The maximum atomic E-state index is 11.2. The van der Waals surface area contributed by atoms with E-state index in [-0.39, 0.29) is 5.91 Å². The Morgan fingerprint density at radius 2 is 2.29 bits per heavy atom. The van der Waals surface area contributed by atoms with Crippen LogP contribution in [0.5, 0.6) is 0 Å². The maximum absolute atomic E-state index is 11.2. The van der Waals surface area contributed by atoms with Crippen molar-refractivity contribution >= 4 is 5.91 Å². The van der Waals surface area contributed by atoms with Gasteiger partial charge < -0.3 is 4.90 Å². The lowest BCUT2D eigenvalue weighted by Gasteiger charge is -2.09. The van der Waals surface area contributed by atoms with Crippen LogP contribution in [0, 0.1) is 6.92 Å². The fourth-order valence-electron chi connectivity index (χ4n) is 1.20. The van der Waals surface area contributed by atoms with Crippen LogP contribution in [0.2, 0.25) is 0 Å². The van der Waals surface area contributed by atoms with Gasteiger partial charge in [0.2, 0.25) is 5.91 Å². The van der Waals surface area contributed by atoms with E-state index in [1.165, 1.54) is 0 Å². The van der Waals surface area contributed by atoms with E-state index in [0.717, 1.165) is 18.7 Å². The first kappa shape index (κ1) is 10.8. The number of carbonyl (C=O) groups excluding carboxylic acids is 1. The summed E-state index contributed by atoms with van der Waals surface area (Å²) in [5.41, 5.74) is 1.02. The molecule has 0 radical (unpaired) electrons. The number of aromatic nitrogens is 2. The van der Waals surface area contributed by atoms with E-state index in [2.05, 4.69) is 5.10 Å². The number of aryl methyl sites for hydroxylation is 2. The molecule has 78 valence electrons. The zero-order chi connectivity index (χ0) is 10.6. The van der Waals surface area contributed by atoms with Gasteiger partial charge in [-0.1, -0.05) is 0 Å². The second-order valence-corrected chi connectivity index (χ2v) is 3.61. The van der Waals surface area contributed by atoms with Crippen LogP contribution in [0.25, 0.3) is 0 Å². The van der Waals surface area contributed by atoms with Crippen LogP contribution >= 0.6 is 0 Å². The summed E-state index contributed by atoms with van der Waals surface area (Å²) in [6.45, 7) is 2.77. The molecule has 14 heavy (non-hydrogen) atoms. The minimum Gasteiger partial charge on any atom is -0.349 e. The summed E-state index contributed by atoms with van der Waals surface area (Å²) in [5, 5.41) is 4.24. The van der Waals surface area contributed by atoms with Crippen LogP contribution in [-0.2, 0) is 11.3 Å². The molecule has 1 amide bonds. The van der Waals surface area contributed by atoms with E-state index in [9.17, 15) is 4.79 Å². The molecule has 0 saturated carbocycles. The monoisotopic (exact) mass is 195 g/mol. The summed E-state index contributed by atoms with van der Waals surface area (Å²) in [6.07, 6.45) is 3.37. The molecule has 1 aromatic rings. The number of hydrogen-bond donors (Lipinski definition) is 0. The largest absolute Gasteiger partial charge is 0.349 e. The molecule has 4 nitrogen and oxygen atoms in total. The standard InChI is InChI=1S/C10H17N3O/c1-9-6-8-13(11-9)7-4-5-10(14)12(2)3/h6,8H,4-5,7H2,1-3H3. The van der Waals surface area contributed by atoms with Crippen molar-refractivity contribution in [2.24, 2.45) is 0 Å². The lowest BCUT2D eigenvalue weighted by atomic mass is 10.3. The number of nitrogens with zero attached hydrogens (tertiary/aromatic N) is 3. The SMILES string of the molecule is Cc1ccn(CCCC(=O)N(C)C)n1. The van der Waals surface area contributed by atoms with Crippen molar-refractivity contribution in [3.05, 3.63) is 18.0 Å². The number of amides is 1. The Morgan fingerprint density at radius 1 is 1.57 bits per heavy atom. The third kappa shape index (κ3) is 3.20. The van der Waals surface area contributed by atoms with Crippen LogP contribution in [0.1, 0.15) is 18.5 Å². The van der Waals surface area contributed by atoms with Gasteiger partial charge >= 0.3 is 0 Å². The summed E-state index contributed by atoms with van der Waals surface area (Å²) in [7, 11) is 3.56. The third-order valence-corrected chi connectivity index (χ3v) is 2.05. The number of rotatable bonds is 4. The average molecular weight is 195 g/mol. The second-order valence-electron chi connectivity index (χ2n) is 3.61. The molecule has 0 aliphatic heterocycles. The quantitative estimate of drug-likeness (QED) is 0.720. The van der Waals surface area contributed by atoms with Gasteiger partial charge in [0.25, 0.3) is 0 Å². The normalized spacial score (nSPS) is 10.2. The van der Waals surface area contributed by atoms with E-state index in [1.807, 2.05) is 23.9 Å². The molecular formula is C10H17N3O. The van der Waals surface area contributed by atoms with E-state index in [1.54, 1.807) is 19.0 Å². The van der Waals surface area contributed by atoms with Crippen molar-refractivity contribution < 1.29 is 4.79 Å². The Bertz CT molecular complexity index is 304. The van der Waals surface area contributed by atoms with Crippen molar-refractivity contribution in [2.45, 2.75) is 26.3 Å².